The molecule has 2 nitrogen and oxygen atoms in total. The predicted octanol–water partition coefficient (Wildman–Crippen LogP) is 1.38. The summed E-state index contributed by atoms with van der Waals surface area (Å²) in [6, 6.07) is 3.83. The maximum Gasteiger partial charge on any atom is 0.101 e. The largest absolute Gasteiger partial charge is 0.352 e. The fraction of sp³-hybridized carbons (Fsp3) is 0.222. The summed E-state index contributed by atoms with van der Waals surface area (Å²) in [4.78, 5) is 0. The Morgan fingerprint density at radius 1 is 1.64 bits per heavy atom. The van der Waals surface area contributed by atoms with E-state index in [-0.39, 0.29) is 0 Å². The lowest BCUT2D eigenvalue weighted by molar-refractivity contribution is 0.724. The van der Waals surface area contributed by atoms with Crippen LogP contribution in [0.1, 0.15) is 12.0 Å². The molecule has 0 aliphatic carbocycles. The van der Waals surface area contributed by atoms with Crippen molar-refractivity contribution in [2.45, 2.75) is 13.0 Å². The number of nitriles is 1. The summed E-state index contributed by atoms with van der Waals surface area (Å²) in [7, 11) is 0. The van der Waals surface area contributed by atoms with Crippen molar-refractivity contribution < 1.29 is 0 Å². The summed E-state index contributed by atoms with van der Waals surface area (Å²) in [5.74, 6) is 2.54. The lowest BCUT2D eigenvalue weighted by Crippen LogP contribution is -1.91. The van der Waals surface area contributed by atoms with Crippen molar-refractivity contribution in [3.05, 3.63) is 24.0 Å². The maximum absolute atomic E-state index is 8.47. The van der Waals surface area contributed by atoms with Gasteiger partial charge in [0.05, 0.1) is 5.56 Å². The van der Waals surface area contributed by atoms with Gasteiger partial charge >= 0.3 is 0 Å². The average Bonchev–Trinajstić information content (AvgIpc) is 2.48. The van der Waals surface area contributed by atoms with E-state index in [1.807, 2.05) is 10.8 Å². The van der Waals surface area contributed by atoms with Crippen molar-refractivity contribution in [1.82, 2.24) is 4.57 Å². The van der Waals surface area contributed by atoms with Crippen molar-refractivity contribution >= 4 is 0 Å². The molecule has 0 fully saturated rings. The Labute approximate surface area is 66.1 Å². The van der Waals surface area contributed by atoms with E-state index in [2.05, 4.69) is 12.0 Å². The minimum absolute atomic E-state index is 0.682. The van der Waals surface area contributed by atoms with Crippen molar-refractivity contribution in [2.75, 3.05) is 0 Å². The van der Waals surface area contributed by atoms with E-state index in [4.69, 9.17) is 11.7 Å². The Kier molecular flexibility index (Phi) is 2.36. The van der Waals surface area contributed by atoms with E-state index in [1.54, 1.807) is 12.3 Å². The molecule has 1 heterocycles. The van der Waals surface area contributed by atoms with Gasteiger partial charge in [0.1, 0.15) is 6.07 Å². The predicted molar refractivity (Wildman–Crippen MR) is 42.6 cm³/mol. The molecule has 54 valence electrons. The molecular weight excluding hydrogens is 136 g/mol. The zero-order chi connectivity index (χ0) is 8.10. The molecule has 0 unspecified atom stereocenters. The van der Waals surface area contributed by atoms with Crippen LogP contribution in [0.5, 0.6) is 0 Å². The summed E-state index contributed by atoms with van der Waals surface area (Å²) in [6.45, 7) is 0.790. The third-order valence-corrected chi connectivity index (χ3v) is 1.39. The SMILES string of the molecule is C#CCCn1ccc(C#N)c1. The highest BCUT2D eigenvalue weighted by Gasteiger charge is 1.92. The molecule has 0 aromatic carbocycles. The molecule has 0 N–H and O–H groups in total. The van der Waals surface area contributed by atoms with Gasteiger partial charge in [-0.2, -0.15) is 5.26 Å². The molecule has 1 rings (SSSR count). The van der Waals surface area contributed by atoms with E-state index >= 15 is 0 Å². The second-order valence-electron chi connectivity index (χ2n) is 2.20. The smallest absolute Gasteiger partial charge is 0.101 e. The molecular formula is C9H8N2. The molecule has 11 heavy (non-hydrogen) atoms. The number of aromatic nitrogens is 1. The number of hydrogen-bond donors (Lipinski definition) is 0. The highest BCUT2D eigenvalue weighted by Crippen LogP contribution is 1.99. The lowest BCUT2D eigenvalue weighted by atomic mass is 10.4. The normalized spacial score (nSPS) is 8.55. The summed E-state index contributed by atoms with van der Waals surface area (Å²) in [6.07, 6.45) is 9.44. The highest BCUT2D eigenvalue weighted by atomic mass is 14.9. The Morgan fingerprint density at radius 2 is 2.45 bits per heavy atom. The number of terminal acetylenes is 1. The van der Waals surface area contributed by atoms with Gasteiger partial charge in [0, 0.05) is 25.4 Å². The second-order valence-corrected chi connectivity index (χ2v) is 2.20. The van der Waals surface area contributed by atoms with Gasteiger partial charge in [-0.25, -0.2) is 0 Å². The number of aryl methyl sites for hydroxylation is 1. The van der Waals surface area contributed by atoms with E-state index in [9.17, 15) is 0 Å². The van der Waals surface area contributed by atoms with Gasteiger partial charge in [0.15, 0.2) is 0 Å². The van der Waals surface area contributed by atoms with Crippen LogP contribution in [-0.4, -0.2) is 4.57 Å². The molecule has 1 aromatic rings. The van der Waals surface area contributed by atoms with Crippen molar-refractivity contribution in [2.24, 2.45) is 0 Å². The van der Waals surface area contributed by atoms with Gasteiger partial charge < -0.3 is 4.57 Å². The lowest BCUT2D eigenvalue weighted by Gasteiger charge is -1.94. The standard InChI is InChI=1S/C9H8N2/c1-2-3-5-11-6-4-9(7-10)8-11/h1,4,6,8H,3,5H2. The van der Waals surface area contributed by atoms with Gasteiger partial charge in [-0.15, -0.1) is 12.3 Å². The van der Waals surface area contributed by atoms with Crippen LogP contribution in [0.25, 0.3) is 0 Å². The van der Waals surface area contributed by atoms with Gasteiger partial charge in [0.2, 0.25) is 0 Å². The summed E-state index contributed by atoms with van der Waals surface area (Å²) >= 11 is 0. The van der Waals surface area contributed by atoms with Crippen molar-refractivity contribution in [3.63, 3.8) is 0 Å². The molecule has 0 saturated heterocycles. The molecule has 2 heteroatoms. The molecule has 0 saturated carbocycles. The first-order valence-electron chi connectivity index (χ1n) is 3.36. The van der Waals surface area contributed by atoms with Crippen LogP contribution in [0.15, 0.2) is 18.5 Å². The van der Waals surface area contributed by atoms with Crippen molar-refractivity contribution in [3.8, 4) is 18.4 Å². The Morgan fingerprint density at radius 3 is 3.00 bits per heavy atom. The minimum Gasteiger partial charge on any atom is -0.352 e. The zero-order valence-electron chi connectivity index (χ0n) is 6.12. The quantitative estimate of drug-likeness (QED) is 0.576. The van der Waals surface area contributed by atoms with Crippen LogP contribution >= 0.6 is 0 Å². The van der Waals surface area contributed by atoms with E-state index < -0.39 is 0 Å². The van der Waals surface area contributed by atoms with Gasteiger partial charge in [-0.3, -0.25) is 0 Å². The van der Waals surface area contributed by atoms with E-state index in [0.717, 1.165) is 6.54 Å². The first-order chi connectivity index (χ1) is 5.36. The van der Waals surface area contributed by atoms with Crippen LogP contribution in [0, 0.1) is 23.7 Å². The second kappa shape index (κ2) is 3.49. The summed E-state index contributed by atoms with van der Waals surface area (Å²) in [5, 5.41) is 8.47. The van der Waals surface area contributed by atoms with Crippen LogP contribution in [-0.2, 0) is 6.54 Å². The first-order valence-corrected chi connectivity index (χ1v) is 3.36. The van der Waals surface area contributed by atoms with Crippen LogP contribution in [0.2, 0.25) is 0 Å². The first kappa shape index (κ1) is 7.44. The van der Waals surface area contributed by atoms with Gasteiger partial charge in [-0.05, 0) is 6.07 Å². The molecule has 0 bridgehead atoms. The topological polar surface area (TPSA) is 28.7 Å². The highest BCUT2D eigenvalue weighted by molar-refractivity contribution is 5.25. The fourth-order valence-electron chi connectivity index (χ4n) is 0.840. The molecule has 0 aliphatic rings. The Bertz CT molecular complexity index is 309. The van der Waals surface area contributed by atoms with E-state index in [1.165, 1.54) is 0 Å². The van der Waals surface area contributed by atoms with Gasteiger partial charge in [-0.1, -0.05) is 0 Å². The minimum atomic E-state index is 0.682. The summed E-state index contributed by atoms with van der Waals surface area (Å²) in [5.41, 5.74) is 0.682. The van der Waals surface area contributed by atoms with Gasteiger partial charge in [0.25, 0.3) is 0 Å². The average molecular weight is 144 g/mol. The molecule has 1 aromatic heterocycles. The maximum atomic E-state index is 8.47. The Balaban J connectivity index is 2.62. The van der Waals surface area contributed by atoms with Crippen molar-refractivity contribution in [1.29, 1.82) is 5.26 Å². The molecule has 0 atom stereocenters. The monoisotopic (exact) mass is 144 g/mol. The number of hydrogen-bond acceptors (Lipinski definition) is 1. The van der Waals surface area contributed by atoms with Crippen LogP contribution in [0.4, 0.5) is 0 Å². The van der Waals surface area contributed by atoms with Crippen LogP contribution in [0.3, 0.4) is 0 Å². The zero-order valence-corrected chi connectivity index (χ0v) is 6.12. The third kappa shape index (κ3) is 1.88. The fourth-order valence-corrected chi connectivity index (χ4v) is 0.840. The molecule has 0 amide bonds. The van der Waals surface area contributed by atoms with Crippen LogP contribution < -0.4 is 0 Å². The number of nitrogens with zero attached hydrogens (tertiary/aromatic N) is 2. The molecule has 0 spiro atoms. The molecule has 0 radical (unpaired) electrons. The Hall–Kier alpha value is -1.67. The summed E-state index contributed by atoms with van der Waals surface area (Å²) < 4.78 is 1.92. The van der Waals surface area contributed by atoms with E-state index in [0.29, 0.717) is 12.0 Å². The number of rotatable bonds is 2. The third-order valence-electron chi connectivity index (χ3n) is 1.39. The molecule has 0 aliphatic heterocycles.